The van der Waals surface area contributed by atoms with Gasteiger partial charge in [-0.15, -0.1) is 0 Å². The summed E-state index contributed by atoms with van der Waals surface area (Å²) >= 11 is 5.90. The number of pyridine rings is 1. The monoisotopic (exact) mass is 434 g/mol. The van der Waals surface area contributed by atoms with Gasteiger partial charge in [0.15, 0.2) is 0 Å². The van der Waals surface area contributed by atoms with E-state index in [-0.39, 0.29) is 29.5 Å². The molecule has 8 heteroatoms. The number of nitrogens with one attached hydrogen (secondary N) is 1. The van der Waals surface area contributed by atoms with Crippen LogP contribution in [0.4, 0.5) is 0 Å². The van der Waals surface area contributed by atoms with Crippen molar-refractivity contribution in [2.75, 3.05) is 0 Å². The maximum absolute atomic E-state index is 12.8. The molecule has 0 aliphatic carbocycles. The summed E-state index contributed by atoms with van der Waals surface area (Å²) in [6.45, 7) is 2.28. The third kappa shape index (κ3) is 4.90. The Morgan fingerprint density at radius 1 is 1.10 bits per heavy atom. The summed E-state index contributed by atoms with van der Waals surface area (Å²) in [4.78, 5) is 29.5. The number of hydrogen-bond donors (Lipinski definition) is 1. The number of aromatic nitrogens is 3. The topological polar surface area (TPSA) is 90.0 Å². The van der Waals surface area contributed by atoms with E-state index >= 15 is 0 Å². The number of carbonyl (C=O) groups excluding carboxylic acids is 1. The lowest BCUT2D eigenvalue weighted by Crippen LogP contribution is -2.32. The minimum atomic E-state index is -0.390. The van der Waals surface area contributed by atoms with Gasteiger partial charge in [0.25, 0.3) is 11.4 Å². The van der Waals surface area contributed by atoms with E-state index in [9.17, 15) is 9.59 Å². The van der Waals surface area contributed by atoms with Crippen LogP contribution in [0, 0.1) is 6.92 Å². The third-order valence-electron chi connectivity index (χ3n) is 4.70. The Bertz CT molecular complexity index is 1260. The van der Waals surface area contributed by atoms with Crippen molar-refractivity contribution in [3.8, 4) is 22.8 Å². The lowest BCUT2D eigenvalue weighted by molar-refractivity contribution is -0.121. The van der Waals surface area contributed by atoms with Crippen LogP contribution < -0.4 is 10.9 Å². The van der Waals surface area contributed by atoms with Gasteiger partial charge in [-0.1, -0.05) is 46.6 Å². The molecule has 0 unspecified atom stereocenters. The molecular formula is C23H19ClN4O3. The van der Waals surface area contributed by atoms with E-state index in [1.54, 1.807) is 42.6 Å². The third-order valence-corrected chi connectivity index (χ3v) is 4.96. The van der Waals surface area contributed by atoms with Crippen molar-refractivity contribution in [3.05, 3.63) is 93.4 Å². The van der Waals surface area contributed by atoms with Crippen LogP contribution in [-0.2, 0) is 17.9 Å². The molecule has 2 heterocycles. The fourth-order valence-corrected chi connectivity index (χ4v) is 3.12. The first-order valence-corrected chi connectivity index (χ1v) is 9.99. The lowest BCUT2D eigenvalue weighted by atomic mass is 10.1. The quantitative estimate of drug-likeness (QED) is 0.498. The first-order valence-electron chi connectivity index (χ1n) is 9.61. The maximum atomic E-state index is 12.8. The number of aryl methyl sites for hydroxylation is 1. The van der Waals surface area contributed by atoms with Crippen molar-refractivity contribution in [3.63, 3.8) is 0 Å². The van der Waals surface area contributed by atoms with Gasteiger partial charge in [-0.05, 0) is 48.9 Å². The van der Waals surface area contributed by atoms with Gasteiger partial charge >= 0.3 is 0 Å². The molecule has 1 N–H and O–H groups in total. The van der Waals surface area contributed by atoms with Crippen LogP contribution in [0.25, 0.3) is 22.8 Å². The van der Waals surface area contributed by atoms with E-state index in [0.717, 1.165) is 11.1 Å². The average molecular weight is 435 g/mol. The number of carbonyl (C=O) groups is 1. The van der Waals surface area contributed by atoms with E-state index in [2.05, 4.69) is 15.5 Å². The van der Waals surface area contributed by atoms with Gasteiger partial charge in [0.1, 0.15) is 12.1 Å². The predicted octanol–water partition coefficient (Wildman–Crippen LogP) is 3.84. The molecule has 156 valence electrons. The number of halogens is 1. The minimum absolute atomic E-state index is 0.0874. The second kappa shape index (κ2) is 8.97. The summed E-state index contributed by atoms with van der Waals surface area (Å²) < 4.78 is 6.59. The summed E-state index contributed by atoms with van der Waals surface area (Å²) in [6, 6.07) is 18.1. The maximum Gasteiger partial charge on any atom is 0.263 e. The van der Waals surface area contributed by atoms with Gasteiger partial charge in [0.05, 0.1) is 0 Å². The van der Waals surface area contributed by atoms with Crippen molar-refractivity contribution >= 4 is 17.5 Å². The predicted molar refractivity (Wildman–Crippen MR) is 117 cm³/mol. The summed E-state index contributed by atoms with van der Waals surface area (Å²) in [5.41, 5.74) is 2.69. The van der Waals surface area contributed by atoms with Crippen LogP contribution in [0.3, 0.4) is 0 Å². The van der Waals surface area contributed by atoms with E-state index in [1.165, 1.54) is 4.57 Å². The molecule has 0 saturated heterocycles. The van der Waals surface area contributed by atoms with E-state index in [1.807, 2.05) is 31.2 Å². The fraction of sp³-hybridized carbons (Fsp3) is 0.130. The molecule has 1 amide bonds. The molecule has 7 nitrogen and oxygen atoms in total. The molecule has 2 aromatic carbocycles. The summed E-state index contributed by atoms with van der Waals surface area (Å²) in [5, 5.41) is 7.36. The van der Waals surface area contributed by atoms with Crippen LogP contribution in [0.2, 0.25) is 5.02 Å². The zero-order valence-electron chi connectivity index (χ0n) is 16.7. The Balaban J connectivity index is 1.48. The molecule has 0 saturated carbocycles. The fourth-order valence-electron chi connectivity index (χ4n) is 2.99. The summed E-state index contributed by atoms with van der Waals surface area (Å²) in [7, 11) is 0. The second-order valence-corrected chi connectivity index (χ2v) is 7.48. The summed E-state index contributed by atoms with van der Waals surface area (Å²) in [5.74, 6) is 0.161. The highest BCUT2D eigenvalue weighted by Gasteiger charge is 2.16. The second-order valence-electron chi connectivity index (χ2n) is 7.05. The van der Waals surface area contributed by atoms with Crippen LogP contribution in [0.1, 0.15) is 11.1 Å². The van der Waals surface area contributed by atoms with Crippen molar-refractivity contribution in [1.82, 2.24) is 20.0 Å². The molecule has 0 radical (unpaired) electrons. The van der Waals surface area contributed by atoms with Gasteiger partial charge in [-0.25, -0.2) is 0 Å². The van der Waals surface area contributed by atoms with Gasteiger partial charge < -0.3 is 14.4 Å². The van der Waals surface area contributed by atoms with E-state index in [4.69, 9.17) is 16.1 Å². The van der Waals surface area contributed by atoms with Gasteiger partial charge in [0, 0.05) is 23.3 Å². The highest BCUT2D eigenvalue weighted by atomic mass is 35.5. The smallest absolute Gasteiger partial charge is 0.263 e. The Labute approximate surface area is 183 Å². The van der Waals surface area contributed by atoms with Crippen molar-refractivity contribution < 1.29 is 9.32 Å². The highest BCUT2D eigenvalue weighted by Crippen LogP contribution is 2.21. The highest BCUT2D eigenvalue weighted by molar-refractivity contribution is 6.30. The van der Waals surface area contributed by atoms with Crippen molar-refractivity contribution in [2.45, 2.75) is 20.0 Å². The number of rotatable bonds is 6. The number of hydrogen-bond acceptors (Lipinski definition) is 5. The Morgan fingerprint density at radius 3 is 2.58 bits per heavy atom. The molecule has 4 rings (SSSR count). The molecule has 0 aliphatic heterocycles. The molecule has 0 fully saturated rings. The molecule has 0 atom stereocenters. The lowest BCUT2D eigenvalue weighted by Gasteiger charge is -2.08. The minimum Gasteiger partial charge on any atom is -0.350 e. The standard InChI is InChI=1S/C23H19ClN4O3/c1-15-4-6-16(7-5-15)13-25-20(29)14-28-12-2-3-19(23(28)30)22-26-21(27-31-22)17-8-10-18(24)11-9-17/h2-12H,13-14H2,1H3,(H,25,29). The van der Waals surface area contributed by atoms with Crippen LogP contribution >= 0.6 is 11.6 Å². The Hall–Kier alpha value is -3.71. The van der Waals surface area contributed by atoms with Crippen molar-refractivity contribution in [2.24, 2.45) is 0 Å². The molecule has 0 bridgehead atoms. The first kappa shape index (κ1) is 20.6. The molecular weight excluding hydrogens is 416 g/mol. The largest absolute Gasteiger partial charge is 0.350 e. The molecule has 2 aromatic heterocycles. The normalized spacial score (nSPS) is 10.8. The van der Waals surface area contributed by atoms with Crippen molar-refractivity contribution in [1.29, 1.82) is 0 Å². The van der Waals surface area contributed by atoms with E-state index in [0.29, 0.717) is 23.0 Å². The van der Waals surface area contributed by atoms with Crippen LogP contribution in [-0.4, -0.2) is 20.6 Å². The SMILES string of the molecule is Cc1ccc(CNC(=O)Cn2cccc(-c3nc(-c4ccc(Cl)cc4)no3)c2=O)cc1. The van der Waals surface area contributed by atoms with Gasteiger partial charge in [-0.2, -0.15) is 4.98 Å². The average Bonchev–Trinajstić information content (AvgIpc) is 3.25. The Kier molecular flexibility index (Phi) is 5.95. The number of amides is 1. The van der Waals surface area contributed by atoms with E-state index < -0.39 is 0 Å². The number of nitrogens with zero attached hydrogens (tertiary/aromatic N) is 3. The first-order chi connectivity index (χ1) is 15.0. The molecule has 0 spiro atoms. The number of benzene rings is 2. The van der Waals surface area contributed by atoms with Gasteiger partial charge in [-0.3, -0.25) is 9.59 Å². The molecule has 4 aromatic rings. The zero-order chi connectivity index (χ0) is 21.8. The molecule has 0 aliphatic rings. The molecule has 31 heavy (non-hydrogen) atoms. The van der Waals surface area contributed by atoms with Crippen LogP contribution in [0.15, 0.2) is 76.2 Å². The summed E-state index contributed by atoms with van der Waals surface area (Å²) in [6.07, 6.45) is 1.55. The van der Waals surface area contributed by atoms with Crippen LogP contribution in [0.5, 0.6) is 0 Å². The Morgan fingerprint density at radius 2 is 1.84 bits per heavy atom. The van der Waals surface area contributed by atoms with Gasteiger partial charge in [0.2, 0.25) is 11.7 Å². The zero-order valence-corrected chi connectivity index (χ0v) is 17.5.